The lowest BCUT2D eigenvalue weighted by Crippen LogP contribution is -2.50. The summed E-state index contributed by atoms with van der Waals surface area (Å²) in [6.45, 7) is 9.28. The highest BCUT2D eigenvalue weighted by atomic mass is 32.1. The van der Waals surface area contributed by atoms with Crippen molar-refractivity contribution in [2.45, 2.75) is 47.1 Å². The third-order valence-electron chi connectivity index (χ3n) is 4.21. The van der Waals surface area contributed by atoms with Crippen LogP contribution >= 0.6 is 11.3 Å². The lowest BCUT2D eigenvalue weighted by Gasteiger charge is -2.27. The first-order valence-corrected chi connectivity index (χ1v) is 9.64. The van der Waals surface area contributed by atoms with Crippen molar-refractivity contribution >= 4 is 28.3 Å². The second kappa shape index (κ2) is 8.56. The smallest absolute Gasteiger partial charge is 0.249 e. The van der Waals surface area contributed by atoms with E-state index in [1.54, 1.807) is 32.9 Å². The molecule has 8 heteroatoms. The maximum Gasteiger partial charge on any atom is 0.249 e. The number of hydrogen-bond donors (Lipinski definition) is 2. The number of nitrogens with one attached hydrogen (secondary N) is 2. The molecule has 1 aromatic heterocycles. The highest BCUT2D eigenvalue weighted by molar-refractivity contribution is 7.18. The van der Waals surface area contributed by atoms with Crippen LogP contribution in [0.5, 0.6) is 0 Å². The van der Waals surface area contributed by atoms with Crippen LogP contribution in [-0.2, 0) is 9.59 Å². The third kappa shape index (κ3) is 5.56. The van der Waals surface area contributed by atoms with Crippen molar-refractivity contribution in [1.82, 2.24) is 15.5 Å². The summed E-state index contributed by atoms with van der Waals surface area (Å²) in [5, 5.41) is 14.5. The van der Waals surface area contributed by atoms with E-state index in [1.165, 1.54) is 23.5 Å². The number of rotatable bonds is 6. The fraction of sp³-hybridized carbons (Fsp3) is 0.474. The zero-order chi connectivity index (χ0) is 20.2. The van der Waals surface area contributed by atoms with Crippen molar-refractivity contribution in [3.63, 3.8) is 0 Å². The van der Waals surface area contributed by atoms with Gasteiger partial charge in [0, 0.05) is 11.0 Å². The predicted molar refractivity (Wildman–Crippen MR) is 105 cm³/mol. The van der Waals surface area contributed by atoms with Gasteiger partial charge in [-0.2, -0.15) is 0 Å². The molecule has 0 saturated carbocycles. The van der Waals surface area contributed by atoms with E-state index in [0.29, 0.717) is 15.7 Å². The normalized spacial score (nSPS) is 13.7. The molecule has 2 aromatic rings. The number of halogens is 1. The Hall–Kier alpha value is -2.35. The Bertz CT molecular complexity index is 799. The van der Waals surface area contributed by atoms with Gasteiger partial charge in [0.2, 0.25) is 16.9 Å². The molecule has 2 N–H and O–H groups in total. The minimum Gasteiger partial charge on any atom is -0.344 e. The van der Waals surface area contributed by atoms with E-state index >= 15 is 0 Å². The second-order valence-electron chi connectivity index (χ2n) is 7.50. The Morgan fingerprint density at radius 1 is 1.19 bits per heavy atom. The molecule has 0 radical (unpaired) electrons. The lowest BCUT2D eigenvalue weighted by atomic mass is 9.92. The van der Waals surface area contributed by atoms with Gasteiger partial charge in [-0.25, -0.2) is 4.39 Å². The van der Waals surface area contributed by atoms with Gasteiger partial charge in [0.1, 0.15) is 16.9 Å². The zero-order valence-electron chi connectivity index (χ0n) is 16.2. The van der Waals surface area contributed by atoms with Crippen molar-refractivity contribution < 1.29 is 14.0 Å². The van der Waals surface area contributed by atoms with Gasteiger partial charge < -0.3 is 5.32 Å². The van der Waals surface area contributed by atoms with Gasteiger partial charge in [0.05, 0.1) is 0 Å². The predicted octanol–water partition coefficient (Wildman–Crippen LogP) is 3.86. The summed E-state index contributed by atoms with van der Waals surface area (Å²) < 4.78 is 13.0. The molecule has 2 amide bonds. The quantitative estimate of drug-likeness (QED) is 0.782. The molecule has 0 spiro atoms. The summed E-state index contributed by atoms with van der Waals surface area (Å²) in [6, 6.07) is 5.23. The number of anilines is 1. The average molecular weight is 393 g/mol. The van der Waals surface area contributed by atoms with Crippen LogP contribution in [0.15, 0.2) is 24.3 Å². The van der Waals surface area contributed by atoms with Crippen molar-refractivity contribution in [1.29, 1.82) is 0 Å². The summed E-state index contributed by atoms with van der Waals surface area (Å²) in [7, 11) is 0. The Labute approximate surface area is 162 Å². The van der Waals surface area contributed by atoms with E-state index in [-0.39, 0.29) is 23.5 Å². The Morgan fingerprint density at radius 2 is 1.81 bits per heavy atom. The van der Waals surface area contributed by atoms with Crippen LogP contribution in [0.1, 0.15) is 41.0 Å². The van der Waals surface area contributed by atoms with Crippen molar-refractivity contribution in [3.05, 3.63) is 30.1 Å². The molecule has 6 nitrogen and oxygen atoms in total. The molecule has 0 fully saturated rings. The first kappa shape index (κ1) is 21.0. The fourth-order valence-electron chi connectivity index (χ4n) is 2.23. The number of amides is 2. The van der Waals surface area contributed by atoms with E-state index in [0.717, 1.165) is 6.42 Å². The number of hydrogen-bond acceptors (Lipinski definition) is 5. The molecule has 2 rings (SSSR count). The zero-order valence-corrected chi connectivity index (χ0v) is 17.0. The maximum absolute atomic E-state index is 13.0. The standard InChI is InChI=1S/C19H25FN4O2S/c1-6-11(2)14(21-17(26)19(3,4)5)15(25)22-18-24-23-16(27-18)12-7-9-13(20)10-8-12/h7-11,14H,6H2,1-5H3,(H,21,26)(H,22,24,25)/t11-,14+/m0/s1. The molecule has 1 heterocycles. The summed E-state index contributed by atoms with van der Waals surface area (Å²) in [6.07, 6.45) is 0.736. The van der Waals surface area contributed by atoms with Gasteiger partial charge in [0.25, 0.3) is 0 Å². The van der Waals surface area contributed by atoms with E-state index in [9.17, 15) is 14.0 Å². The molecule has 27 heavy (non-hydrogen) atoms. The molecule has 0 saturated heterocycles. The average Bonchev–Trinajstić information content (AvgIpc) is 3.06. The minimum atomic E-state index is -0.667. The Kier molecular flexibility index (Phi) is 6.64. The molecular weight excluding hydrogens is 367 g/mol. The second-order valence-corrected chi connectivity index (χ2v) is 8.47. The first-order chi connectivity index (χ1) is 12.6. The van der Waals surface area contributed by atoms with Gasteiger partial charge in [0.15, 0.2) is 0 Å². The molecule has 0 aliphatic heterocycles. The molecule has 0 aliphatic rings. The lowest BCUT2D eigenvalue weighted by molar-refractivity contribution is -0.132. The fourth-order valence-corrected chi connectivity index (χ4v) is 2.98. The molecule has 0 unspecified atom stereocenters. The number of benzene rings is 1. The Balaban J connectivity index is 2.13. The molecule has 0 bridgehead atoms. The van der Waals surface area contributed by atoms with E-state index in [4.69, 9.17) is 0 Å². The SMILES string of the molecule is CC[C@H](C)[C@@H](NC(=O)C(C)(C)C)C(=O)Nc1nnc(-c2ccc(F)cc2)s1. The monoisotopic (exact) mass is 392 g/mol. The van der Waals surface area contributed by atoms with Gasteiger partial charge in [-0.3, -0.25) is 14.9 Å². The number of carbonyl (C=O) groups is 2. The van der Waals surface area contributed by atoms with Crippen LogP contribution in [0.3, 0.4) is 0 Å². The highest BCUT2D eigenvalue weighted by Gasteiger charge is 2.31. The minimum absolute atomic E-state index is 0.0409. The molecule has 146 valence electrons. The van der Waals surface area contributed by atoms with E-state index in [1.807, 2.05) is 13.8 Å². The summed E-state index contributed by atoms with van der Waals surface area (Å²) in [5.74, 6) is -0.889. The van der Waals surface area contributed by atoms with Crippen LogP contribution in [-0.4, -0.2) is 28.1 Å². The van der Waals surface area contributed by atoms with E-state index < -0.39 is 11.5 Å². The van der Waals surface area contributed by atoms with Gasteiger partial charge in [-0.15, -0.1) is 10.2 Å². The Morgan fingerprint density at radius 3 is 2.37 bits per heavy atom. The van der Waals surface area contributed by atoms with Gasteiger partial charge in [-0.1, -0.05) is 52.4 Å². The number of nitrogens with zero attached hydrogens (tertiary/aromatic N) is 2. The van der Waals surface area contributed by atoms with Crippen LogP contribution in [0.25, 0.3) is 10.6 Å². The first-order valence-electron chi connectivity index (χ1n) is 8.83. The summed E-state index contributed by atoms with van der Waals surface area (Å²) in [5.41, 5.74) is 0.124. The maximum atomic E-state index is 13.0. The summed E-state index contributed by atoms with van der Waals surface area (Å²) in [4.78, 5) is 25.1. The van der Waals surface area contributed by atoms with Crippen molar-refractivity contribution in [2.75, 3.05) is 5.32 Å². The van der Waals surface area contributed by atoms with Crippen LogP contribution in [0.4, 0.5) is 9.52 Å². The van der Waals surface area contributed by atoms with Gasteiger partial charge >= 0.3 is 0 Å². The van der Waals surface area contributed by atoms with E-state index in [2.05, 4.69) is 20.8 Å². The summed E-state index contributed by atoms with van der Waals surface area (Å²) >= 11 is 1.19. The molecular formula is C19H25FN4O2S. The third-order valence-corrected chi connectivity index (χ3v) is 5.10. The number of aromatic nitrogens is 2. The molecule has 2 atom stereocenters. The van der Waals surface area contributed by atoms with Crippen molar-refractivity contribution in [3.8, 4) is 10.6 Å². The van der Waals surface area contributed by atoms with Crippen LogP contribution in [0, 0.1) is 17.2 Å². The molecule has 0 aliphatic carbocycles. The topological polar surface area (TPSA) is 84.0 Å². The van der Waals surface area contributed by atoms with Crippen LogP contribution < -0.4 is 10.6 Å². The van der Waals surface area contributed by atoms with Crippen molar-refractivity contribution in [2.24, 2.45) is 11.3 Å². The highest BCUT2D eigenvalue weighted by Crippen LogP contribution is 2.27. The van der Waals surface area contributed by atoms with Gasteiger partial charge in [-0.05, 0) is 30.2 Å². The largest absolute Gasteiger partial charge is 0.344 e. The number of carbonyl (C=O) groups excluding carboxylic acids is 2. The molecule has 1 aromatic carbocycles. The van der Waals surface area contributed by atoms with Crippen LogP contribution in [0.2, 0.25) is 0 Å².